The standard InChI is InChI=1S/C8H6BFO3/c10-7-2-1-6(9(11)12)5-3-4-13-8(5)7/h1-4,11-12H. The van der Waals surface area contributed by atoms with Crippen molar-refractivity contribution in [3.63, 3.8) is 0 Å². The van der Waals surface area contributed by atoms with Gasteiger partial charge in [0.15, 0.2) is 11.4 Å². The Kier molecular flexibility index (Phi) is 1.83. The first-order valence-electron chi connectivity index (χ1n) is 3.72. The van der Waals surface area contributed by atoms with Gasteiger partial charge in [-0.1, -0.05) is 6.07 Å². The highest BCUT2D eigenvalue weighted by Crippen LogP contribution is 2.16. The lowest BCUT2D eigenvalue weighted by Gasteiger charge is -2.00. The van der Waals surface area contributed by atoms with Crippen LogP contribution in [-0.4, -0.2) is 17.2 Å². The van der Waals surface area contributed by atoms with E-state index in [1.807, 2.05) is 0 Å². The average Bonchev–Trinajstić information content (AvgIpc) is 2.53. The minimum absolute atomic E-state index is 0.0469. The number of benzene rings is 1. The van der Waals surface area contributed by atoms with Crippen molar-refractivity contribution in [2.24, 2.45) is 0 Å². The summed E-state index contributed by atoms with van der Waals surface area (Å²) in [5, 5.41) is 18.2. The molecule has 0 fully saturated rings. The fourth-order valence-corrected chi connectivity index (χ4v) is 1.28. The van der Waals surface area contributed by atoms with Gasteiger partial charge in [0.2, 0.25) is 0 Å². The van der Waals surface area contributed by atoms with E-state index in [0.29, 0.717) is 5.39 Å². The minimum Gasteiger partial charge on any atom is -0.461 e. The Bertz CT molecular complexity index is 438. The van der Waals surface area contributed by atoms with Crippen molar-refractivity contribution in [3.8, 4) is 0 Å². The Morgan fingerprint density at radius 2 is 2.00 bits per heavy atom. The maximum Gasteiger partial charge on any atom is 0.489 e. The van der Waals surface area contributed by atoms with Crippen molar-refractivity contribution in [2.75, 3.05) is 0 Å². The second kappa shape index (κ2) is 2.87. The van der Waals surface area contributed by atoms with Crippen LogP contribution >= 0.6 is 0 Å². The van der Waals surface area contributed by atoms with Crippen molar-refractivity contribution in [1.29, 1.82) is 0 Å². The summed E-state index contributed by atoms with van der Waals surface area (Å²) < 4.78 is 17.8. The molecule has 2 aromatic rings. The molecule has 0 aliphatic carbocycles. The van der Waals surface area contributed by atoms with Crippen molar-refractivity contribution >= 4 is 23.6 Å². The van der Waals surface area contributed by atoms with Crippen LogP contribution in [0.5, 0.6) is 0 Å². The molecule has 0 atom stereocenters. The van der Waals surface area contributed by atoms with Crippen molar-refractivity contribution in [3.05, 3.63) is 30.3 Å². The fourth-order valence-electron chi connectivity index (χ4n) is 1.28. The van der Waals surface area contributed by atoms with Crippen LogP contribution in [0.3, 0.4) is 0 Å². The highest BCUT2D eigenvalue weighted by atomic mass is 19.1. The molecule has 5 heteroatoms. The van der Waals surface area contributed by atoms with E-state index in [9.17, 15) is 4.39 Å². The predicted molar refractivity (Wildman–Crippen MR) is 46.0 cm³/mol. The molecule has 0 bridgehead atoms. The van der Waals surface area contributed by atoms with Crippen LogP contribution in [0.2, 0.25) is 0 Å². The van der Waals surface area contributed by atoms with E-state index >= 15 is 0 Å². The summed E-state index contributed by atoms with van der Waals surface area (Å²) in [6.45, 7) is 0. The molecule has 0 spiro atoms. The van der Waals surface area contributed by atoms with Gasteiger partial charge in [-0.3, -0.25) is 0 Å². The summed E-state index contributed by atoms with van der Waals surface area (Å²) in [4.78, 5) is 0. The maximum absolute atomic E-state index is 13.0. The number of fused-ring (bicyclic) bond motifs is 1. The smallest absolute Gasteiger partial charge is 0.461 e. The third kappa shape index (κ3) is 1.22. The number of halogens is 1. The van der Waals surface area contributed by atoms with Crippen LogP contribution in [0, 0.1) is 5.82 Å². The van der Waals surface area contributed by atoms with Gasteiger partial charge in [0.05, 0.1) is 6.26 Å². The molecule has 0 amide bonds. The van der Waals surface area contributed by atoms with Gasteiger partial charge >= 0.3 is 7.12 Å². The molecule has 3 nitrogen and oxygen atoms in total. The van der Waals surface area contributed by atoms with Gasteiger partial charge in [0.1, 0.15) is 0 Å². The van der Waals surface area contributed by atoms with Gasteiger partial charge in [-0.25, -0.2) is 4.39 Å². The summed E-state index contributed by atoms with van der Waals surface area (Å²) in [5.41, 5.74) is 0.288. The van der Waals surface area contributed by atoms with E-state index in [1.165, 1.54) is 18.4 Å². The third-order valence-electron chi connectivity index (χ3n) is 1.88. The fraction of sp³-hybridized carbons (Fsp3) is 0. The van der Waals surface area contributed by atoms with Gasteiger partial charge in [-0.2, -0.15) is 0 Å². The summed E-state index contributed by atoms with van der Waals surface area (Å²) in [6, 6.07) is 3.95. The summed E-state index contributed by atoms with van der Waals surface area (Å²) >= 11 is 0. The van der Waals surface area contributed by atoms with Crippen LogP contribution in [-0.2, 0) is 0 Å². The van der Waals surface area contributed by atoms with Crippen molar-refractivity contribution in [2.45, 2.75) is 0 Å². The molecule has 1 heterocycles. The quantitative estimate of drug-likeness (QED) is 0.618. The third-order valence-corrected chi connectivity index (χ3v) is 1.88. The van der Waals surface area contributed by atoms with Gasteiger partial charge in [-0.15, -0.1) is 0 Å². The van der Waals surface area contributed by atoms with E-state index in [0.717, 1.165) is 6.07 Å². The molecule has 0 saturated carbocycles. The summed E-state index contributed by atoms with van der Waals surface area (Å²) in [5.74, 6) is -0.510. The Morgan fingerprint density at radius 3 is 2.69 bits per heavy atom. The number of furan rings is 1. The molecule has 13 heavy (non-hydrogen) atoms. The lowest BCUT2D eigenvalue weighted by Crippen LogP contribution is -2.30. The maximum atomic E-state index is 13.0. The predicted octanol–water partition coefficient (Wildman–Crippen LogP) is 0.252. The lowest BCUT2D eigenvalue weighted by atomic mass is 9.78. The molecule has 2 N–H and O–H groups in total. The lowest BCUT2D eigenvalue weighted by molar-refractivity contribution is 0.426. The topological polar surface area (TPSA) is 53.6 Å². The zero-order valence-electron chi connectivity index (χ0n) is 6.57. The largest absolute Gasteiger partial charge is 0.489 e. The first-order chi connectivity index (χ1) is 6.20. The Labute approximate surface area is 73.6 Å². The van der Waals surface area contributed by atoms with Crippen molar-refractivity contribution in [1.82, 2.24) is 0 Å². The van der Waals surface area contributed by atoms with Crippen LogP contribution < -0.4 is 5.46 Å². The van der Waals surface area contributed by atoms with E-state index < -0.39 is 12.9 Å². The minimum atomic E-state index is -1.61. The average molecular weight is 180 g/mol. The highest BCUT2D eigenvalue weighted by molar-refractivity contribution is 6.61. The monoisotopic (exact) mass is 180 g/mol. The molecule has 0 unspecified atom stereocenters. The molecule has 0 aliphatic rings. The van der Waals surface area contributed by atoms with Crippen LogP contribution in [0.1, 0.15) is 0 Å². The number of hydrogen-bond donors (Lipinski definition) is 2. The Hall–Kier alpha value is -1.33. The Morgan fingerprint density at radius 1 is 1.23 bits per heavy atom. The zero-order valence-corrected chi connectivity index (χ0v) is 6.57. The molecule has 0 radical (unpaired) electrons. The second-order valence-corrected chi connectivity index (χ2v) is 2.67. The van der Waals surface area contributed by atoms with E-state index in [-0.39, 0.29) is 11.0 Å². The molecule has 1 aromatic carbocycles. The van der Waals surface area contributed by atoms with Crippen LogP contribution in [0.4, 0.5) is 4.39 Å². The molecule has 0 saturated heterocycles. The van der Waals surface area contributed by atoms with Gasteiger partial charge in [0.25, 0.3) is 0 Å². The number of rotatable bonds is 1. The van der Waals surface area contributed by atoms with Gasteiger partial charge in [0, 0.05) is 5.39 Å². The highest BCUT2D eigenvalue weighted by Gasteiger charge is 2.17. The molecule has 0 aliphatic heterocycles. The van der Waals surface area contributed by atoms with E-state index in [2.05, 4.69) is 0 Å². The Balaban J connectivity index is 2.78. The zero-order chi connectivity index (χ0) is 9.42. The van der Waals surface area contributed by atoms with Crippen molar-refractivity contribution < 1.29 is 18.9 Å². The summed E-state index contributed by atoms with van der Waals surface area (Å²) in [6.07, 6.45) is 1.31. The normalized spacial score (nSPS) is 10.7. The van der Waals surface area contributed by atoms with E-state index in [1.54, 1.807) is 0 Å². The van der Waals surface area contributed by atoms with E-state index in [4.69, 9.17) is 14.5 Å². The second-order valence-electron chi connectivity index (χ2n) is 2.67. The molecular weight excluding hydrogens is 174 g/mol. The first kappa shape index (κ1) is 8.28. The van der Waals surface area contributed by atoms with Gasteiger partial charge in [-0.05, 0) is 17.6 Å². The molecular formula is C8H6BFO3. The number of hydrogen-bond acceptors (Lipinski definition) is 3. The molecule has 1 aromatic heterocycles. The molecule has 66 valence electrons. The summed E-state index contributed by atoms with van der Waals surface area (Å²) in [7, 11) is -1.61. The first-order valence-corrected chi connectivity index (χ1v) is 3.72. The van der Waals surface area contributed by atoms with Gasteiger partial charge < -0.3 is 14.5 Å². The SMILES string of the molecule is OB(O)c1ccc(F)c2occc12. The van der Waals surface area contributed by atoms with Crippen LogP contribution in [0.15, 0.2) is 28.9 Å². The molecule has 2 rings (SSSR count). The van der Waals surface area contributed by atoms with Crippen LogP contribution in [0.25, 0.3) is 11.0 Å².